The highest BCUT2D eigenvalue weighted by Crippen LogP contribution is 2.31. The Morgan fingerprint density at radius 2 is 2.07 bits per heavy atom. The summed E-state index contributed by atoms with van der Waals surface area (Å²) in [6, 6.07) is 6.18. The molecule has 0 unspecified atom stereocenters. The van der Waals surface area contributed by atoms with Crippen molar-refractivity contribution < 1.29 is 14.5 Å². The van der Waals surface area contributed by atoms with Crippen LogP contribution in [0, 0.1) is 10.1 Å². The summed E-state index contributed by atoms with van der Waals surface area (Å²) >= 11 is 1.33. The first-order valence-electron chi connectivity index (χ1n) is 7.98. The number of hydrogen-bond acceptors (Lipinski definition) is 9. The quantitative estimate of drug-likeness (QED) is 0.280. The Balaban J connectivity index is 1.88. The molecule has 3 rings (SSSR count). The number of anilines is 1. The zero-order valence-corrected chi connectivity index (χ0v) is 15.2. The molecule has 0 aliphatic rings. The number of carbonyl (C=O) groups excluding carboxylic acids is 1. The topological polar surface area (TPSA) is 139 Å². The van der Waals surface area contributed by atoms with Gasteiger partial charge in [0.2, 0.25) is 0 Å². The van der Waals surface area contributed by atoms with Crippen molar-refractivity contribution in [1.29, 1.82) is 0 Å². The maximum atomic E-state index is 10.9. The molecule has 140 valence electrons. The Morgan fingerprint density at radius 3 is 2.74 bits per heavy atom. The maximum Gasteiger partial charge on any atom is 0.302 e. The molecule has 0 aliphatic carbocycles. The Labute approximate surface area is 157 Å². The maximum absolute atomic E-state index is 10.9. The summed E-state index contributed by atoms with van der Waals surface area (Å²) in [6.07, 6.45) is 1.94. The van der Waals surface area contributed by atoms with Gasteiger partial charge in [-0.25, -0.2) is 15.0 Å². The number of aromatic nitrogens is 4. The van der Waals surface area contributed by atoms with Crippen LogP contribution in [0.15, 0.2) is 40.6 Å². The van der Waals surface area contributed by atoms with Gasteiger partial charge in [-0.05, 0) is 18.6 Å². The van der Waals surface area contributed by atoms with E-state index in [0.717, 1.165) is 4.90 Å². The van der Waals surface area contributed by atoms with Gasteiger partial charge in [0.1, 0.15) is 6.33 Å². The smallest absolute Gasteiger partial charge is 0.302 e. The van der Waals surface area contributed by atoms with Gasteiger partial charge in [-0.15, -0.1) is 0 Å². The lowest BCUT2D eigenvalue weighted by Crippen LogP contribution is -2.07. The standard InChI is InChI=1S/C16H16N6O4S/c1-10(23)26-8-2-7-21-15-13(14(17)18-9-19-15)20-16(21)27-12-5-3-11(4-6-12)22(24)25/h3-6,9H,2,7-8H2,1H3,(H2,17,18,19). The predicted molar refractivity (Wildman–Crippen MR) is 98.2 cm³/mol. The number of nitrogen functional groups attached to an aromatic ring is 1. The minimum atomic E-state index is -0.449. The third-order valence-electron chi connectivity index (χ3n) is 3.61. The summed E-state index contributed by atoms with van der Waals surface area (Å²) in [5.41, 5.74) is 6.98. The summed E-state index contributed by atoms with van der Waals surface area (Å²) in [7, 11) is 0. The van der Waals surface area contributed by atoms with Crippen LogP contribution >= 0.6 is 11.8 Å². The van der Waals surface area contributed by atoms with E-state index in [0.29, 0.717) is 29.3 Å². The molecule has 0 saturated carbocycles. The molecule has 2 heterocycles. The van der Waals surface area contributed by atoms with Gasteiger partial charge in [0.05, 0.1) is 11.5 Å². The van der Waals surface area contributed by atoms with Crippen molar-refractivity contribution in [3.8, 4) is 0 Å². The van der Waals surface area contributed by atoms with Crippen molar-refractivity contribution in [3.63, 3.8) is 0 Å². The molecule has 0 bridgehead atoms. The van der Waals surface area contributed by atoms with Gasteiger partial charge in [-0.3, -0.25) is 14.9 Å². The number of fused-ring (bicyclic) bond motifs is 1. The average molecular weight is 388 g/mol. The van der Waals surface area contributed by atoms with Crippen LogP contribution in [0.1, 0.15) is 13.3 Å². The second-order valence-electron chi connectivity index (χ2n) is 5.52. The summed E-state index contributed by atoms with van der Waals surface area (Å²) in [5, 5.41) is 11.4. The normalized spacial score (nSPS) is 10.9. The predicted octanol–water partition coefficient (Wildman–Crippen LogP) is 2.42. The average Bonchev–Trinajstić information content (AvgIpc) is 2.98. The molecule has 0 aliphatic heterocycles. The zero-order valence-electron chi connectivity index (χ0n) is 14.4. The van der Waals surface area contributed by atoms with E-state index in [9.17, 15) is 14.9 Å². The molecule has 1 aromatic carbocycles. The van der Waals surface area contributed by atoms with Gasteiger partial charge in [-0.1, -0.05) is 11.8 Å². The van der Waals surface area contributed by atoms with Crippen LogP contribution in [0.2, 0.25) is 0 Å². The summed E-state index contributed by atoms with van der Waals surface area (Å²) in [5.74, 6) is -0.0678. The highest BCUT2D eigenvalue weighted by molar-refractivity contribution is 7.99. The molecule has 0 spiro atoms. The van der Waals surface area contributed by atoms with Crippen LogP contribution in [-0.2, 0) is 16.1 Å². The van der Waals surface area contributed by atoms with Crippen LogP contribution in [0.4, 0.5) is 11.5 Å². The first-order valence-corrected chi connectivity index (χ1v) is 8.79. The van der Waals surface area contributed by atoms with Crippen molar-refractivity contribution in [2.24, 2.45) is 0 Å². The lowest BCUT2D eigenvalue weighted by Gasteiger charge is -2.08. The number of imidazole rings is 1. The van der Waals surface area contributed by atoms with E-state index < -0.39 is 4.92 Å². The molecule has 0 radical (unpaired) electrons. The van der Waals surface area contributed by atoms with E-state index in [-0.39, 0.29) is 24.1 Å². The molecule has 0 atom stereocenters. The van der Waals surface area contributed by atoms with E-state index >= 15 is 0 Å². The first kappa shape index (κ1) is 18.6. The molecule has 0 fully saturated rings. The van der Waals surface area contributed by atoms with Crippen molar-refractivity contribution in [3.05, 3.63) is 40.7 Å². The van der Waals surface area contributed by atoms with Gasteiger partial charge in [0, 0.05) is 30.5 Å². The van der Waals surface area contributed by atoms with Crippen molar-refractivity contribution in [2.45, 2.75) is 29.9 Å². The number of carbonyl (C=O) groups is 1. The lowest BCUT2D eigenvalue weighted by atomic mass is 10.3. The number of nitrogens with zero attached hydrogens (tertiary/aromatic N) is 5. The Bertz CT molecular complexity index is 988. The molecule has 2 aromatic heterocycles. The molecule has 27 heavy (non-hydrogen) atoms. The molecule has 10 nitrogen and oxygen atoms in total. The number of rotatable bonds is 7. The number of nitro groups is 1. The number of benzene rings is 1. The van der Waals surface area contributed by atoms with E-state index in [4.69, 9.17) is 10.5 Å². The van der Waals surface area contributed by atoms with Crippen LogP contribution < -0.4 is 5.73 Å². The molecule has 11 heteroatoms. The van der Waals surface area contributed by atoms with Crippen molar-refractivity contribution in [2.75, 3.05) is 12.3 Å². The fourth-order valence-corrected chi connectivity index (χ4v) is 3.30. The van der Waals surface area contributed by atoms with E-state index in [1.54, 1.807) is 12.1 Å². The van der Waals surface area contributed by atoms with Gasteiger partial charge in [0.25, 0.3) is 5.69 Å². The zero-order chi connectivity index (χ0) is 19.4. The Hall–Kier alpha value is -3.21. The molecule has 3 aromatic rings. The third kappa shape index (κ3) is 4.31. The minimum absolute atomic E-state index is 0.0179. The summed E-state index contributed by atoms with van der Waals surface area (Å²) in [6.45, 7) is 2.14. The Kier molecular flexibility index (Phi) is 5.50. The van der Waals surface area contributed by atoms with Gasteiger partial charge >= 0.3 is 5.97 Å². The molecule has 0 amide bonds. The number of hydrogen-bond donors (Lipinski definition) is 1. The summed E-state index contributed by atoms with van der Waals surface area (Å²) in [4.78, 5) is 34.8. The van der Waals surface area contributed by atoms with Gasteiger partial charge in [-0.2, -0.15) is 0 Å². The SMILES string of the molecule is CC(=O)OCCCn1c(Sc2ccc([N+](=O)[O-])cc2)nc2c(N)ncnc21. The highest BCUT2D eigenvalue weighted by atomic mass is 32.2. The number of nitrogens with two attached hydrogens (primary N) is 1. The van der Waals surface area contributed by atoms with Gasteiger partial charge in [0.15, 0.2) is 22.1 Å². The van der Waals surface area contributed by atoms with Crippen LogP contribution in [0.5, 0.6) is 0 Å². The first-order chi connectivity index (χ1) is 13.0. The number of ether oxygens (including phenoxy) is 1. The number of aryl methyl sites for hydroxylation is 1. The number of esters is 1. The molecule has 2 N–H and O–H groups in total. The van der Waals surface area contributed by atoms with E-state index in [2.05, 4.69) is 15.0 Å². The number of nitro benzene ring substituents is 1. The fourth-order valence-electron chi connectivity index (χ4n) is 2.39. The highest BCUT2D eigenvalue weighted by Gasteiger charge is 2.16. The number of non-ortho nitro benzene ring substituents is 1. The molecule has 0 saturated heterocycles. The third-order valence-corrected chi connectivity index (χ3v) is 4.62. The van der Waals surface area contributed by atoms with Crippen molar-refractivity contribution >= 4 is 40.4 Å². The van der Waals surface area contributed by atoms with Gasteiger partial charge < -0.3 is 15.0 Å². The second kappa shape index (κ2) is 7.99. The monoisotopic (exact) mass is 388 g/mol. The van der Waals surface area contributed by atoms with Crippen LogP contribution in [0.25, 0.3) is 11.2 Å². The Morgan fingerprint density at radius 1 is 1.33 bits per heavy atom. The molecular formula is C16H16N6O4S. The summed E-state index contributed by atoms with van der Waals surface area (Å²) < 4.78 is 6.83. The fraction of sp³-hybridized carbons (Fsp3) is 0.250. The molecular weight excluding hydrogens is 372 g/mol. The minimum Gasteiger partial charge on any atom is -0.466 e. The second-order valence-corrected chi connectivity index (χ2v) is 6.56. The van der Waals surface area contributed by atoms with E-state index in [1.807, 2.05) is 4.57 Å². The van der Waals surface area contributed by atoms with Crippen LogP contribution in [0.3, 0.4) is 0 Å². The lowest BCUT2D eigenvalue weighted by molar-refractivity contribution is -0.384. The van der Waals surface area contributed by atoms with Crippen molar-refractivity contribution in [1.82, 2.24) is 19.5 Å². The van der Waals surface area contributed by atoms with Crippen LogP contribution in [-0.4, -0.2) is 37.0 Å². The van der Waals surface area contributed by atoms with E-state index in [1.165, 1.54) is 37.1 Å². The largest absolute Gasteiger partial charge is 0.466 e.